The Morgan fingerprint density at radius 1 is 1.27 bits per heavy atom. The standard InChI is InChI=1S/C7H9O3P/c1-9-11(8)10-7-5-3-2-4-6-7/h2-6,11H,1H3. The van der Waals surface area contributed by atoms with Crippen molar-refractivity contribution in [1.82, 2.24) is 0 Å². The lowest BCUT2D eigenvalue weighted by molar-refractivity contribution is 0.349. The lowest BCUT2D eigenvalue weighted by Gasteiger charge is -2.01. The molecule has 0 spiro atoms. The average molecular weight is 172 g/mol. The number of rotatable bonds is 3. The molecule has 11 heavy (non-hydrogen) atoms. The lowest BCUT2D eigenvalue weighted by atomic mass is 10.3. The van der Waals surface area contributed by atoms with E-state index in [1.54, 1.807) is 24.3 Å². The summed E-state index contributed by atoms with van der Waals surface area (Å²) in [5.41, 5.74) is 0. The second-order valence-corrected chi connectivity index (χ2v) is 2.98. The summed E-state index contributed by atoms with van der Waals surface area (Å²) in [7, 11) is -0.980. The van der Waals surface area contributed by atoms with Crippen LogP contribution in [0.25, 0.3) is 0 Å². The number of para-hydroxylation sites is 1. The highest BCUT2D eigenvalue weighted by atomic mass is 31.1. The van der Waals surface area contributed by atoms with E-state index in [1.807, 2.05) is 6.07 Å². The van der Waals surface area contributed by atoms with Gasteiger partial charge < -0.3 is 9.05 Å². The van der Waals surface area contributed by atoms with Crippen LogP contribution >= 0.6 is 8.25 Å². The van der Waals surface area contributed by atoms with Crippen LogP contribution in [-0.4, -0.2) is 7.11 Å². The van der Waals surface area contributed by atoms with Crippen molar-refractivity contribution < 1.29 is 13.6 Å². The fraction of sp³-hybridized carbons (Fsp3) is 0.143. The second-order valence-electron chi connectivity index (χ2n) is 1.87. The molecule has 0 heterocycles. The van der Waals surface area contributed by atoms with Crippen molar-refractivity contribution in [3.05, 3.63) is 30.3 Å². The zero-order valence-corrected chi connectivity index (χ0v) is 7.11. The quantitative estimate of drug-likeness (QED) is 0.655. The van der Waals surface area contributed by atoms with Crippen molar-refractivity contribution >= 4 is 8.25 Å². The topological polar surface area (TPSA) is 35.5 Å². The van der Waals surface area contributed by atoms with E-state index < -0.39 is 8.25 Å². The Kier molecular flexibility index (Phi) is 3.14. The Hall–Kier alpha value is -0.790. The second kappa shape index (κ2) is 4.16. The first-order chi connectivity index (χ1) is 5.33. The fourth-order valence-electron chi connectivity index (χ4n) is 0.626. The van der Waals surface area contributed by atoms with E-state index in [0.717, 1.165) is 0 Å². The maximum absolute atomic E-state index is 10.7. The largest absolute Gasteiger partial charge is 0.426 e. The van der Waals surface area contributed by atoms with Gasteiger partial charge in [0.25, 0.3) is 0 Å². The van der Waals surface area contributed by atoms with Crippen LogP contribution in [0.5, 0.6) is 5.75 Å². The van der Waals surface area contributed by atoms with Gasteiger partial charge in [0.05, 0.1) is 0 Å². The molecule has 0 radical (unpaired) electrons. The van der Waals surface area contributed by atoms with E-state index in [0.29, 0.717) is 5.75 Å². The highest BCUT2D eigenvalue weighted by Gasteiger charge is 1.96. The summed E-state index contributed by atoms with van der Waals surface area (Å²) >= 11 is 0. The average Bonchev–Trinajstić information content (AvgIpc) is 2.06. The summed E-state index contributed by atoms with van der Waals surface area (Å²) in [4.78, 5) is 0. The number of hydrogen-bond donors (Lipinski definition) is 0. The van der Waals surface area contributed by atoms with Crippen molar-refractivity contribution in [2.45, 2.75) is 0 Å². The minimum atomic E-state index is -2.33. The van der Waals surface area contributed by atoms with E-state index in [-0.39, 0.29) is 0 Å². The van der Waals surface area contributed by atoms with Gasteiger partial charge in [-0.2, -0.15) is 0 Å². The van der Waals surface area contributed by atoms with Gasteiger partial charge in [0.1, 0.15) is 5.75 Å². The summed E-state index contributed by atoms with van der Waals surface area (Å²) in [6, 6.07) is 8.92. The van der Waals surface area contributed by atoms with Crippen LogP contribution in [0, 0.1) is 0 Å². The first kappa shape index (κ1) is 8.31. The predicted octanol–water partition coefficient (Wildman–Crippen LogP) is 2.10. The van der Waals surface area contributed by atoms with E-state index in [1.165, 1.54) is 7.11 Å². The van der Waals surface area contributed by atoms with Gasteiger partial charge in [0.15, 0.2) is 0 Å². The van der Waals surface area contributed by atoms with Gasteiger partial charge >= 0.3 is 8.25 Å². The molecular weight excluding hydrogens is 163 g/mol. The molecule has 3 nitrogen and oxygen atoms in total. The van der Waals surface area contributed by atoms with Gasteiger partial charge in [-0.15, -0.1) is 0 Å². The summed E-state index contributed by atoms with van der Waals surface area (Å²) in [6.45, 7) is 0. The molecule has 0 aliphatic heterocycles. The van der Waals surface area contributed by atoms with Crippen LogP contribution in [0.2, 0.25) is 0 Å². The highest BCUT2D eigenvalue weighted by molar-refractivity contribution is 7.33. The fourth-order valence-corrected chi connectivity index (χ4v) is 1.04. The Morgan fingerprint density at radius 3 is 2.45 bits per heavy atom. The van der Waals surface area contributed by atoms with Gasteiger partial charge in [0, 0.05) is 7.11 Å². The molecule has 0 fully saturated rings. The summed E-state index contributed by atoms with van der Waals surface area (Å²) in [5.74, 6) is 0.568. The van der Waals surface area contributed by atoms with Crippen molar-refractivity contribution in [2.75, 3.05) is 7.11 Å². The normalized spacial score (nSPS) is 12.5. The Balaban J connectivity index is 2.58. The molecule has 0 saturated carbocycles. The van der Waals surface area contributed by atoms with Gasteiger partial charge in [-0.05, 0) is 12.1 Å². The SMILES string of the molecule is CO[PH](=O)Oc1ccccc1. The molecule has 0 N–H and O–H groups in total. The zero-order valence-electron chi connectivity index (χ0n) is 6.11. The van der Waals surface area contributed by atoms with Crippen molar-refractivity contribution in [3.63, 3.8) is 0 Å². The van der Waals surface area contributed by atoms with E-state index >= 15 is 0 Å². The minimum absolute atomic E-state index is 0.568. The Labute approximate surface area is 65.9 Å². The molecule has 1 unspecified atom stereocenters. The van der Waals surface area contributed by atoms with Gasteiger partial charge in [-0.3, -0.25) is 0 Å². The van der Waals surface area contributed by atoms with Crippen LogP contribution in [0.3, 0.4) is 0 Å². The summed E-state index contributed by atoms with van der Waals surface area (Å²) in [6.07, 6.45) is 0. The zero-order chi connectivity index (χ0) is 8.10. The van der Waals surface area contributed by atoms with E-state index in [9.17, 15) is 4.57 Å². The van der Waals surface area contributed by atoms with Gasteiger partial charge in [0.2, 0.25) is 0 Å². The van der Waals surface area contributed by atoms with E-state index in [4.69, 9.17) is 4.52 Å². The van der Waals surface area contributed by atoms with Crippen molar-refractivity contribution in [2.24, 2.45) is 0 Å². The molecule has 0 saturated heterocycles. The van der Waals surface area contributed by atoms with Gasteiger partial charge in [-0.1, -0.05) is 18.2 Å². The number of hydrogen-bond acceptors (Lipinski definition) is 3. The van der Waals surface area contributed by atoms with Crippen LogP contribution in [0.4, 0.5) is 0 Å². The maximum atomic E-state index is 10.7. The monoisotopic (exact) mass is 172 g/mol. The highest BCUT2D eigenvalue weighted by Crippen LogP contribution is 2.25. The molecular formula is C7H9O3P. The molecule has 0 aromatic heterocycles. The van der Waals surface area contributed by atoms with Gasteiger partial charge in [-0.25, -0.2) is 4.57 Å². The van der Waals surface area contributed by atoms with Crippen LogP contribution in [0.15, 0.2) is 30.3 Å². The lowest BCUT2D eigenvalue weighted by Crippen LogP contribution is -1.80. The first-order valence-corrected chi connectivity index (χ1v) is 4.36. The first-order valence-electron chi connectivity index (χ1n) is 3.14. The predicted molar refractivity (Wildman–Crippen MR) is 43.1 cm³/mol. The molecule has 0 bridgehead atoms. The van der Waals surface area contributed by atoms with Crippen molar-refractivity contribution in [3.8, 4) is 5.75 Å². The summed E-state index contributed by atoms with van der Waals surface area (Å²) < 4.78 is 20.1. The molecule has 1 aromatic rings. The maximum Gasteiger partial charge on any atom is 0.367 e. The molecule has 1 atom stereocenters. The van der Waals surface area contributed by atoms with Crippen LogP contribution < -0.4 is 4.52 Å². The molecule has 1 aromatic carbocycles. The summed E-state index contributed by atoms with van der Waals surface area (Å²) in [5, 5.41) is 0. The third-order valence-electron chi connectivity index (χ3n) is 1.11. The Morgan fingerprint density at radius 2 is 1.91 bits per heavy atom. The number of benzene rings is 1. The molecule has 0 amide bonds. The molecule has 4 heteroatoms. The Bertz CT molecular complexity index is 235. The van der Waals surface area contributed by atoms with Crippen LogP contribution in [-0.2, 0) is 9.09 Å². The van der Waals surface area contributed by atoms with Crippen LogP contribution in [0.1, 0.15) is 0 Å². The van der Waals surface area contributed by atoms with E-state index in [2.05, 4.69) is 4.52 Å². The third kappa shape index (κ3) is 2.74. The smallest absolute Gasteiger partial charge is 0.367 e. The minimum Gasteiger partial charge on any atom is -0.426 e. The molecule has 1 rings (SSSR count). The third-order valence-corrected chi connectivity index (χ3v) is 1.85. The molecule has 0 aliphatic carbocycles. The molecule has 60 valence electrons. The van der Waals surface area contributed by atoms with Crippen molar-refractivity contribution in [1.29, 1.82) is 0 Å². The molecule has 0 aliphatic rings.